The number of benzene rings is 1. The molecule has 8 heteroatoms. The van der Waals surface area contributed by atoms with Crippen LogP contribution in [0.4, 0.5) is 13.2 Å². The number of halogens is 3. The van der Waals surface area contributed by atoms with E-state index in [1.165, 1.54) is 31.4 Å². The summed E-state index contributed by atoms with van der Waals surface area (Å²) in [6.45, 7) is 3.33. The number of β-amino-alcohol motifs (C(OH)–C–C–N with tert-alkyl or cyclic N) is 1. The maximum atomic E-state index is 12.7. The first-order valence-corrected chi connectivity index (χ1v) is 9.73. The topological polar surface area (TPSA) is 54.2 Å². The van der Waals surface area contributed by atoms with Crippen LogP contribution in [-0.2, 0) is 19.1 Å². The summed E-state index contributed by atoms with van der Waals surface area (Å²) in [4.78, 5) is 2.31. The molecule has 2 aromatic rings. The molecule has 2 aliphatic rings. The van der Waals surface area contributed by atoms with E-state index in [0.717, 1.165) is 37.3 Å². The van der Waals surface area contributed by atoms with Gasteiger partial charge in [-0.3, -0.25) is 4.90 Å². The predicted octanol–water partition coefficient (Wildman–Crippen LogP) is 3.00. The van der Waals surface area contributed by atoms with Gasteiger partial charge in [0.1, 0.15) is 12.7 Å². The van der Waals surface area contributed by atoms with Crippen LogP contribution in [0.5, 0.6) is 0 Å². The summed E-state index contributed by atoms with van der Waals surface area (Å²) in [6, 6.07) is 5.07. The fraction of sp³-hybridized carbons (Fsp3) is 0.600. The van der Waals surface area contributed by atoms with Gasteiger partial charge >= 0.3 is 6.18 Å². The quantitative estimate of drug-likeness (QED) is 0.819. The lowest BCUT2D eigenvalue weighted by Crippen LogP contribution is -2.39. The van der Waals surface area contributed by atoms with E-state index in [0.29, 0.717) is 24.3 Å². The highest BCUT2D eigenvalue weighted by Crippen LogP contribution is 2.52. The van der Waals surface area contributed by atoms with Gasteiger partial charge in [0.2, 0.25) is 0 Å². The Hall–Kier alpha value is -1.93. The van der Waals surface area contributed by atoms with E-state index >= 15 is 0 Å². The zero-order valence-electron chi connectivity index (χ0n) is 15.6. The van der Waals surface area contributed by atoms with Crippen LogP contribution in [0.15, 0.2) is 36.9 Å². The molecule has 2 unspecified atom stereocenters. The number of likely N-dealkylation sites (tertiary alicyclic amines) is 1. The van der Waals surface area contributed by atoms with Gasteiger partial charge in [0.15, 0.2) is 0 Å². The van der Waals surface area contributed by atoms with Crippen LogP contribution in [0, 0.1) is 11.3 Å². The van der Waals surface area contributed by atoms with Gasteiger partial charge in [-0.05, 0) is 48.3 Å². The molecule has 0 bridgehead atoms. The number of hydrogen-bond acceptors (Lipinski definition) is 4. The van der Waals surface area contributed by atoms with E-state index in [1.807, 2.05) is 4.57 Å². The number of rotatable bonds is 6. The average Bonchev–Trinajstić information content (AvgIpc) is 3.22. The van der Waals surface area contributed by atoms with Crippen molar-refractivity contribution in [2.45, 2.75) is 44.5 Å². The van der Waals surface area contributed by atoms with E-state index in [4.69, 9.17) is 0 Å². The van der Waals surface area contributed by atoms with Gasteiger partial charge in [0, 0.05) is 26.2 Å². The molecule has 2 heterocycles. The highest BCUT2D eigenvalue weighted by atomic mass is 19.4. The summed E-state index contributed by atoms with van der Waals surface area (Å²) >= 11 is 0. The molecule has 2 atom stereocenters. The Balaban J connectivity index is 1.34. The Labute approximate surface area is 162 Å². The molecule has 1 aromatic carbocycles. The third-order valence-corrected chi connectivity index (χ3v) is 6.35. The molecule has 28 heavy (non-hydrogen) atoms. The molecule has 1 aliphatic carbocycles. The minimum Gasteiger partial charge on any atom is -0.391 e. The van der Waals surface area contributed by atoms with Gasteiger partial charge in [0.05, 0.1) is 11.7 Å². The van der Waals surface area contributed by atoms with Crippen molar-refractivity contribution < 1.29 is 18.3 Å². The van der Waals surface area contributed by atoms with E-state index < -0.39 is 17.8 Å². The van der Waals surface area contributed by atoms with Crippen molar-refractivity contribution in [3.63, 3.8) is 0 Å². The van der Waals surface area contributed by atoms with Crippen LogP contribution in [0.25, 0.3) is 0 Å². The molecule has 1 aromatic heterocycles. The summed E-state index contributed by atoms with van der Waals surface area (Å²) < 4.78 is 40.0. The second-order valence-electron chi connectivity index (χ2n) is 8.32. The standard InChI is InChI=1S/C20H25F3N4O/c21-20(22,23)16-4-2-15(3-5-16)8-18(28)11-26-9-17(10-27-13-24-25-14-27)19(12-26)6-1-7-19/h2-5,13-14,17-18,28H,1,6-12H2. The van der Waals surface area contributed by atoms with Gasteiger partial charge < -0.3 is 9.67 Å². The average molecular weight is 394 g/mol. The Bertz CT molecular complexity index is 772. The molecule has 1 saturated carbocycles. The van der Waals surface area contributed by atoms with Crippen molar-refractivity contribution in [1.29, 1.82) is 0 Å². The molecule has 1 N–H and O–H groups in total. The minimum absolute atomic E-state index is 0.318. The molecule has 1 spiro atoms. The van der Waals surface area contributed by atoms with Crippen molar-refractivity contribution in [2.24, 2.45) is 11.3 Å². The van der Waals surface area contributed by atoms with E-state index in [1.54, 1.807) is 12.7 Å². The van der Waals surface area contributed by atoms with Crippen molar-refractivity contribution in [3.05, 3.63) is 48.0 Å². The molecular formula is C20H25F3N4O. The van der Waals surface area contributed by atoms with Gasteiger partial charge in [-0.1, -0.05) is 18.6 Å². The van der Waals surface area contributed by atoms with Crippen LogP contribution < -0.4 is 0 Å². The third-order valence-electron chi connectivity index (χ3n) is 6.35. The molecule has 0 amide bonds. The Morgan fingerprint density at radius 1 is 1.14 bits per heavy atom. The summed E-state index contributed by atoms with van der Waals surface area (Å²) in [7, 11) is 0. The van der Waals surface area contributed by atoms with Crippen molar-refractivity contribution in [1.82, 2.24) is 19.7 Å². The summed E-state index contributed by atoms with van der Waals surface area (Å²) in [5.41, 5.74) is 0.381. The van der Waals surface area contributed by atoms with Gasteiger partial charge in [-0.2, -0.15) is 13.2 Å². The maximum Gasteiger partial charge on any atom is 0.416 e. The Morgan fingerprint density at radius 3 is 2.39 bits per heavy atom. The second-order valence-corrected chi connectivity index (χ2v) is 8.32. The smallest absolute Gasteiger partial charge is 0.391 e. The lowest BCUT2D eigenvalue weighted by atomic mass is 9.63. The van der Waals surface area contributed by atoms with Crippen molar-refractivity contribution in [3.8, 4) is 0 Å². The second kappa shape index (κ2) is 7.48. The molecule has 5 nitrogen and oxygen atoms in total. The first kappa shape index (κ1) is 19.4. The van der Waals surface area contributed by atoms with Crippen molar-refractivity contribution in [2.75, 3.05) is 19.6 Å². The molecule has 0 radical (unpaired) electrons. The summed E-state index contributed by atoms with van der Waals surface area (Å²) in [6.07, 6.45) is 2.60. The highest BCUT2D eigenvalue weighted by Gasteiger charge is 2.50. The number of aliphatic hydroxyl groups is 1. The van der Waals surface area contributed by atoms with Crippen molar-refractivity contribution >= 4 is 0 Å². The number of aromatic nitrogens is 3. The molecule has 4 rings (SSSR count). The molecule has 1 saturated heterocycles. The molecular weight excluding hydrogens is 369 g/mol. The molecule has 152 valence electrons. The number of hydrogen-bond donors (Lipinski definition) is 1. The number of alkyl halides is 3. The van der Waals surface area contributed by atoms with E-state index in [9.17, 15) is 18.3 Å². The largest absolute Gasteiger partial charge is 0.416 e. The van der Waals surface area contributed by atoms with Crippen LogP contribution in [-0.4, -0.2) is 50.5 Å². The predicted molar refractivity (Wildman–Crippen MR) is 97.4 cm³/mol. The molecule has 1 aliphatic heterocycles. The van der Waals surface area contributed by atoms with Crippen LogP contribution in [0.3, 0.4) is 0 Å². The third kappa shape index (κ3) is 4.07. The first-order valence-electron chi connectivity index (χ1n) is 9.73. The minimum atomic E-state index is -4.33. The zero-order valence-corrected chi connectivity index (χ0v) is 15.6. The van der Waals surface area contributed by atoms with Gasteiger partial charge in [0.25, 0.3) is 0 Å². The SMILES string of the molecule is OC(Cc1ccc(C(F)(F)F)cc1)CN1CC(Cn2cnnc2)C2(CCC2)C1. The monoisotopic (exact) mass is 394 g/mol. The first-order chi connectivity index (χ1) is 13.3. The zero-order chi connectivity index (χ0) is 19.8. The summed E-state index contributed by atoms with van der Waals surface area (Å²) in [5.74, 6) is 0.510. The van der Waals surface area contributed by atoms with Crippen LogP contribution in [0.2, 0.25) is 0 Å². The maximum absolute atomic E-state index is 12.7. The lowest BCUT2D eigenvalue weighted by molar-refractivity contribution is -0.137. The van der Waals surface area contributed by atoms with Crippen LogP contribution >= 0.6 is 0 Å². The normalized spacial score (nSPS) is 23.1. The van der Waals surface area contributed by atoms with E-state index in [2.05, 4.69) is 15.1 Å². The fourth-order valence-electron chi connectivity index (χ4n) is 4.77. The van der Waals surface area contributed by atoms with Gasteiger partial charge in [-0.15, -0.1) is 10.2 Å². The Morgan fingerprint density at radius 2 is 1.82 bits per heavy atom. The molecule has 2 fully saturated rings. The summed E-state index contributed by atoms with van der Waals surface area (Å²) in [5, 5.41) is 18.3. The van der Waals surface area contributed by atoms with Crippen LogP contribution in [0.1, 0.15) is 30.4 Å². The Kier molecular flexibility index (Phi) is 5.18. The number of aliphatic hydroxyl groups excluding tert-OH is 1. The number of nitrogens with zero attached hydrogens (tertiary/aromatic N) is 4. The van der Waals surface area contributed by atoms with E-state index in [-0.39, 0.29) is 0 Å². The van der Waals surface area contributed by atoms with Gasteiger partial charge in [-0.25, -0.2) is 0 Å². The highest BCUT2D eigenvalue weighted by molar-refractivity contribution is 5.25. The lowest BCUT2D eigenvalue weighted by Gasteiger charge is -2.43. The fourth-order valence-corrected chi connectivity index (χ4v) is 4.77.